The molecule has 0 aliphatic rings. The first-order valence-corrected chi connectivity index (χ1v) is 9.62. The molecule has 0 radical (unpaired) electrons. The third kappa shape index (κ3) is 4.31. The number of pyridine rings is 1. The van der Waals surface area contributed by atoms with Crippen LogP contribution < -0.4 is 5.32 Å². The molecule has 5 nitrogen and oxygen atoms in total. The minimum absolute atomic E-state index is 0.0112. The van der Waals surface area contributed by atoms with Gasteiger partial charge in [0, 0.05) is 41.8 Å². The fourth-order valence-electron chi connectivity index (χ4n) is 3.06. The number of halogens is 1. The fraction of sp³-hybridized carbons (Fsp3) is 0.227. The number of fused-ring (bicyclic) bond motifs is 1. The predicted octanol–water partition coefficient (Wildman–Crippen LogP) is 4.30. The number of carbonyl (C=O) groups is 2. The quantitative estimate of drug-likeness (QED) is 0.676. The Morgan fingerprint density at radius 2 is 1.79 bits per heavy atom. The maximum atomic E-state index is 12.7. The highest BCUT2D eigenvalue weighted by Gasteiger charge is 2.14. The zero-order valence-electron chi connectivity index (χ0n) is 15.9. The molecule has 0 bridgehead atoms. The Labute approximate surface area is 169 Å². The van der Waals surface area contributed by atoms with E-state index in [1.807, 2.05) is 32.0 Å². The Kier molecular flexibility index (Phi) is 6.26. The molecule has 2 aromatic carbocycles. The van der Waals surface area contributed by atoms with Crippen LogP contribution in [-0.4, -0.2) is 34.8 Å². The molecule has 1 heterocycles. The van der Waals surface area contributed by atoms with Gasteiger partial charge in [0.25, 0.3) is 11.8 Å². The van der Waals surface area contributed by atoms with Gasteiger partial charge in [-0.15, -0.1) is 0 Å². The summed E-state index contributed by atoms with van der Waals surface area (Å²) in [5, 5.41) is 4.21. The van der Waals surface area contributed by atoms with Crippen LogP contribution in [0.25, 0.3) is 10.9 Å². The summed E-state index contributed by atoms with van der Waals surface area (Å²) in [4.78, 5) is 31.1. The summed E-state index contributed by atoms with van der Waals surface area (Å²) >= 11 is 6.14. The van der Waals surface area contributed by atoms with Crippen molar-refractivity contribution in [3.05, 3.63) is 76.4 Å². The molecule has 0 aliphatic heterocycles. The van der Waals surface area contributed by atoms with Crippen molar-refractivity contribution < 1.29 is 9.59 Å². The van der Waals surface area contributed by atoms with E-state index < -0.39 is 0 Å². The zero-order chi connectivity index (χ0) is 20.1. The number of hydrogen-bond donors (Lipinski definition) is 1. The molecule has 0 saturated carbocycles. The Morgan fingerprint density at radius 3 is 2.46 bits per heavy atom. The van der Waals surface area contributed by atoms with E-state index in [9.17, 15) is 9.59 Å². The first kappa shape index (κ1) is 19.8. The molecule has 0 unspecified atom stereocenters. The van der Waals surface area contributed by atoms with Crippen LogP contribution in [0.4, 0.5) is 0 Å². The van der Waals surface area contributed by atoms with Gasteiger partial charge in [-0.05, 0) is 49.7 Å². The number of carbonyl (C=O) groups excluding carboxylic acids is 2. The average Bonchev–Trinajstić information content (AvgIpc) is 2.72. The van der Waals surface area contributed by atoms with Crippen LogP contribution in [0.2, 0.25) is 5.02 Å². The molecular formula is C22H22ClN3O2. The summed E-state index contributed by atoms with van der Waals surface area (Å²) in [6.07, 6.45) is 1.65. The van der Waals surface area contributed by atoms with Gasteiger partial charge in [0.2, 0.25) is 0 Å². The average molecular weight is 396 g/mol. The van der Waals surface area contributed by atoms with Gasteiger partial charge in [0.1, 0.15) is 0 Å². The normalized spacial score (nSPS) is 10.7. The van der Waals surface area contributed by atoms with E-state index >= 15 is 0 Å². The molecule has 3 aromatic rings. The fourth-order valence-corrected chi connectivity index (χ4v) is 3.29. The SMILES string of the molecule is CCN(CC)C(=O)c1ccc(CNC(=O)c2cc(Cl)cc3cccnc23)cc1. The van der Waals surface area contributed by atoms with Crippen LogP contribution >= 0.6 is 11.6 Å². The lowest BCUT2D eigenvalue weighted by Crippen LogP contribution is -2.30. The standard InChI is InChI=1S/C22H22ClN3O2/c1-3-26(4-2)22(28)16-9-7-15(8-10-16)14-25-21(27)19-13-18(23)12-17-6-5-11-24-20(17)19/h5-13H,3-4,14H2,1-2H3,(H,25,27). The lowest BCUT2D eigenvalue weighted by molar-refractivity contribution is 0.0772. The highest BCUT2D eigenvalue weighted by molar-refractivity contribution is 6.32. The number of amides is 2. The number of rotatable bonds is 6. The van der Waals surface area contributed by atoms with Crippen LogP contribution in [0, 0.1) is 0 Å². The molecule has 2 amide bonds. The van der Waals surface area contributed by atoms with Gasteiger partial charge >= 0.3 is 0 Å². The summed E-state index contributed by atoms with van der Waals surface area (Å²) < 4.78 is 0. The van der Waals surface area contributed by atoms with E-state index in [0.29, 0.717) is 41.3 Å². The van der Waals surface area contributed by atoms with E-state index in [-0.39, 0.29) is 11.8 Å². The van der Waals surface area contributed by atoms with Crippen molar-refractivity contribution in [1.82, 2.24) is 15.2 Å². The second-order valence-corrected chi connectivity index (χ2v) is 6.82. The minimum Gasteiger partial charge on any atom is -0.348 e. The number of hydrogen-bond acceptors (Lipinski definition) is 3. The second kappa shape index (κ2) is 8.85. The van der Waals surface area contributed by atoms with Crippen LogP contribution in [0.5, 0.6) is 0 Å². The van der Waals surface area contributed by atoms with Crippen molar-refractivity contribution in [1.29, 1.82) is 0 Å². The lowest BCUT2D eigenvalue weighted by Gasteiger charge is -2.18. The Morgan fingerprint density at radius 1 is 1.07 bits per heavy atom. The lowest BCUT2D eigenvalue weighted by atomic mass is 10.1. The predicted molar refractivity (Wildman–Crippen MR) is 112 cm³/mol. The molecule has 0 atom stereocenters. The van der Waals surface area contributed by atoms with E-state index in [1.165, 1.54) is 0 Å². The third-order valence-electron chi connectivity index (χ3n) is 4.62. The number of nitrogens with zero attached hydrogens (tertiary/aromatic N) is 2. The van der Waals surface area contributed by atoms with E-state index in [2.05, 4.69) is 10.3 Å². The van der Waals surface area contributed by atoms with Crippen molar-refractivity contribution >= 4 is 34.3 Å². The summed E-state index contributed by atoms with van der Waals surface area (Å²) in [5.41, 5.74) is 2.61. The van der Waals surface area contributed by atoms with E-state index in [0.717, 1.165) is 10.9 Å². The molecular weight excluding hydrogens is 374 g/mol. The van der Waals surface area contributed by atoms with Gasteiger partial charge in [-0.1, -0.05) is 29.8 Å². The summed E-state index contributed by atoms with van der Waals surface area (Å²) in [6, 6.07) is 14.4. The van der Waals surface area contributed by atoms with Crippen LogP contribution in [0.15, 0.2) is 54.7 Å². The molecule has 144 valence electrons. The first-order valence-electron chi connectivity index (χ1n) is 9.24. The van der Waals surface area contributed by atoms with Crippen LogP contribution in [0.3, 0.4) is 0 Å². The van der Waals surface area contributed by atoms with E-state index in [1.54, 1.807) is 41.4 Å². The summed E-state index contributed by atoms with van der Waals surface area (Å²) in [5.74, 6) is -0.230. The maximum Gasteiger partial charge on any atom is 0.253 e. The van der Waals surface area contributed by atoms with Crippen LogP contribution in [0.1, 0.15) is 40.1 Å². The largest absolute Gasteiger partial charge is 0.348 e. The van der Waals surface area contributed by atoms with Gasteiger partial charge in [0.15, 0.2) is 0 Å². The highest BCUT2D eigenvalue weighted by Crippen LogP contribution is 2.22. The Bertz CT molecular complexity index is 998. The van der Waals surface area contributed by atoms with Crippen molar-refractivity contribution in [3.8, 4) is 0 Å². The van der Waals surface area contributed by atoms with Crippen molar-refractivity contribution in [2.24, 2.45) is 0 Å². The van der Waals surface area contributed by atoms with Gasteiger partial charge in [0.05, 0.1) is 11.1 Å². The number of aromatic nitrogens is 1. The first-order chi connectivity index (χ1) is 13.5. The van der Waals surface area contributed by atoms with Gasteiger partial charge in [-0.2, -0.15) is 0 Å². The Hall–Kier alpha value is -2.92. The van der Waals surface area contributed by atoms with E-state index in [4.69, 9.17) is 11.6 Å². The molecule has 28 heavy (non-hydrogen) atoms. The topological polar surface area (TPSA) is 62.3 Å². The number of benzene rings is 2. The molecule has 1 N–H and O–H groups in total. The molecule has 6 heteroatoms. The summed E-state index contributed by atoms with van der Waals surface area (Å²) in [6.45, 7) is 5.61. The van der Waals surface area contributed by atoms with Crippen LogP contribution in [-0.2, 0) is 6.54 Å². The van der Waals surface area contributed by atoms with Gasteiger partial charge in [-0.25, -0.2) is 0 Å². The molecule has 0 saturated heterocycles. The highest BCUT2D eigenvalue weighted by atomic mass is 35.5. The molecule has 3 rings (SSSR count). The third-order valence-corrected chi connectivity index (χ3v) is 4.84. The minimum atomic E-state index is -0.241. The molecule has 0 fully saturated rings. The zero-order valence-corrected chi connectivity index (χ0v) is 16.7. The molecule has 0 spiro atoms. The van der Waals surface area contributed by atoms with Gasteiger partial charge < -0.3 is 10.2 Å². The van der Waals surface area contributed by atoms with Crippen molar-refractivity contribution in [2.45, 2.75) is 20.4 Å². The van der Waals surface area contributed by atoms with Gasteiger partial charge in [-0.3, -0.25) is 14.6 Å². The molecule has 1 aromatic heterocycles. The Balaban J connectivity index is 1.71. The second-order valence-electron chi connectivity index (χ2n) is 6.39. The van der Waals surface area contributed by atoms with Crippen molar-refractivity contribution in [2.75, 3.05) is 13.1 Å². The molecule has 0 aliphatic carbocycles. The summed E-state index contributed by atoms with van der Waals surface area (Å²) in [7, 11) is 0. The number of nitrogens with one attached hydrogen (secondary N) is 1. The smallest absolute Gasteiger partial charge is 0.253 e. The maximum absolute atomic E-state index is 12.7. The van der Waals surface area contributed by atoms with Crippen molar-refractivity contribution in [3.63, 3.8) is 0 Å². The monoisotopic (exact) mass is 395 g/mol.